The lowest BCUT2D eigenvalue weighted by atomic mass is 10.7. The van der Waals surface area contributed by atoms with Crippen LogP contribution in [0.15, 0.2) is 0 Å². The van der Waals surface area contributed by atoms with Crippen molar-refractivity contribution in [2.75, 3.05) is 0 Å². The Balaban J connectivity index is 2.93. The minimum absolute atomic E-state index is 0.156. The molecule has 0 fully saturated rings. The Kier molecular flexibility index (Phi) is 2.48. The van der Waals surface area contributed by atoms with E-state index in [4.69, 9.17) is 23.2 Å². The molecule has 0 aliphatic heterocycles. The lowest BCUT2D eigenvalue weighted by Crippen LogP contribution is -1.84. The Bertz CT molecular complexity index is 249. The molecule has 0 aliphatic carbocycles. The highest BCUT2D eigenvalue weighted by Gasteiger charge is 2.09. The number of carbonyl (C=O) groups is 1. The smallest absolute Gasteiger partial charge is 0.299 e. The van der Waals surface area contributed by atoms with Gasteiger partial charge in [0, 0.05) is 11.5 Å². The topological polar surface area (TPSA) is 39.2 Å². The van der Waals surface area contributed by atoms with Gasteiger partial charge in [-0.3, -0.25) is 4.79 Å². The SMILES string of the molecule is O=COc1snc(Cl)c1Cl. The molecule has 0 saturated carbocycles. The third-order valence-electron chi connectivity index (χ3n) is 0.724. The van der Waals surface area contributed by atoms with Crippen LogP contribution in [0.2, 0.25) is 10.2 Å². The van der Waals surface area contributed by atoms with Crippen LogP contribution in [0.1, 0.15) is 0 Å². The van der Waals surface area contributed by atoms with Crippen LogP contribution in [0.25, 0.3) is 0 Å². The van der Waals surface area contributed by atoms with Crippen molar-refractivity contribution >= 4 is 41.2 Å². The van der Waals surface area contributed by atoms with E-state index < -0.39 is 0 Å². The van der Waals surface area contributed by atoms with E-state index in [1.807, 2.05) is 0 Å². The zero-order chi connectivity index (χ0) is 7.56. The average Bonchev–Trinajstić information content (AvgIpc) is 2.20. The number of carbonyl (C=O) groups excluding carboxylic acids is 1. The molecule has 0 atom stereocenters. The maximum Gasteiger partial charge on any atom is 0.299 e. The summed E-state index contributed by atoms with van der Waals surface area (Å²) in [7, 11) is 0. The molecule has 1 heterocycles. The first-order valence-corrected chi connectivity index (χ1v) is 3.69. The molecule has 0 unspecified atom stereocenters. The summed E-state index contributed by atoms with van der Waals surface area (Å²) in [4.78, 5) is 9.79. The highest BCUT2D eigenvalue weighted by molar-refractivity contribution is 7.09. The molecule has 1 aromatic heterocycles. The Morgan fingerprint density at radius 3 is 2.70 bits per heavy atom. The predicted molar refractivity (Wildman–Crippen MR) is 38.8 cm³/mol. The van der Waals surface area contributed by atoms with Gasteiger partial charge >= 0.3 is 0 Å². The van der Waals surface area contributed by atoms with Crippen LogP contribution in [0.4, 0.5) is 0 Å². The zero-order valence-electron chi connectivity index (χ0n) is 4.51. The van der Waals surface area contributed by atoms with Crippen LogP contribution in [0, 0.1) is 0 Å². The first-order valence-electron chi connectivity index (χ1n) is 2.16. The van der Waals surface area contributed by atoms with Gasteiger partial charge in [0.1, 0.15) is 5.02 Å². The molecule has 0 aliphatic rings. The van der Waals surface area contributed by atoms with Crippen LogP contribution < -0.4 is 4.74 Å². The van der Waals surface area contributed by atoms with Crippen molar-refractivity contribution in [1.82, 2.24) is 4.37 Å². The fourth-order valence-electron chi connectivity index (χ4n) is 0.363. The van der Waals surface area contributed by atoms with Crippen molar-refractivity contribution in [3.63, 3.8) is 0 Å². The Morgan fingerprint density at radius 2 is 2.30 bits per heavy atom. The first kappa shape index (κ1) is 7.78. The molecule has 0 radical (unpaired) electrons. The van der Waals surface area contributed by atoms with E-state index in [1.54, 1.807) is 0 Å². The number of aromatic nitrogens is 1. The highest BCUT2D eigenvalue weighted by Crippen LogP contribution is 2.34. The third-order valence-corrected chi connectivity index (χ3v) is 2.40. The van der Waals surface area contributed by atoms with Gasteiger partial charge in [-0.05, 0) is 0 Å². The molecule has 0 spiro atoms. The van der Waals surface area contributed by atoms with Gasteiger partial charge in [0.2, 0.25) is 5.06 Å². The van der Waals surface area contributed by atoms with Crippen molar-refractivity contribution in [2.24, 2.45) is 0 Å². The van der Waals surface area contributed by atoms with Crippen LogP contribution in [-0.2, 0) is 4.79 Å². The second kappa shape index (κ2) is 3.18. The van der Waals surface area contributed by atoms with Crippen LogP contribution in [-0.4, -0.2) is 10.8 Å². The lowest BCUT2D eigenvalue weighted by molar-refractivity contribution is -0.120. The molecule has 54 valence electrons. The van der Waals surface area contributed by atoms with Crippen molar-refractivity contribution in [2.45, 2.75) is 0 Å². The maximum atomic E-state index is 9.79. The number of halogens is 2. The fourth-order valence-corrected chi connectivity index (χ4v) is 1.36. The van der Waals surface area contributed by atoms with E-state index in [1.165, 1.54) is 0 Å². The van der Waals surface area contributed by atoms with E-state index in [9.17, 15) is 4.79 Å². The summed E-state index contributed by atoms with van der Waals surface area (Å²) in [5.41, 5.74) is 0. The summed E-state index contributed by atoms with van der Waals surface area (Å²) in [6.07, 6.45) is 0. The van der Waals surface area contributed by atoms with Gasteiger partial charge in [0.05, 0.1) is 0 Å². The number of hydrogen-bond donors (Lipinski definition) is 0. The average molecular weight is 198 g/mol. The number of nitrogens with zero attached hydrogens (tertiary/aromatic N) is 1. The second-order valence-corrected chi connectivity index (χ2v) is 2.76. The van der Waals surface area contributed by atoms with Gasteiger partial charge in [0.25, 0.3) is 6.47 Å². The number of rotatable bonds is 2. The molecule has 1 aromatic rings. The third kappa shape index (κ3) is 1.39. The normalized spacial score (nSPS) is 9.40. The van der Waals surface area contributed by atoms with Gasteiger partial charge in [0.15, 0.2) is 5.15 Å². The lowest BCUT2D eigenvalue weighted by Gasteiger charge is -1.87. The molecule has 1 rings (SSSR count). The van der Waals surface area contributed by atoms with E-state index in [-0.39, 0.29) is 21.7 Å². The van der Waals surface area contributed by atoms with E-state index in [0.29, 0.717) is 0 Å². The van der Waals surface area contributed by atoms with E-state index in [2.05, 4.69) is 9.11 Å². The van der Waals surface area contributed by atoms with Gasteiger partial charge in [-0.15, -0.1) is 0 Å². The molecule has 3 nitrogen and oxygen atoms in total. The zero-order valence-corrected chi connectivity index (χ0v) is 6.83. The maximum absolute atomic E-state index is 9.79. The monoisotopic (exact) mass is 197 g/mol. The summed E-state index contributed by atoms with van der Waals surface area (Å²) < 4.78 is 8.04. The molecule has 0 saturated heterocycles. The molecule has 0 amide bonds. The summed E-state index contributed by atoms with van der Waals surface area (Å²) in [6, 6.07) is 0. The van der Waals surface area contributed by atoms with E-state index >= 15 is 0 Å². The summed E-state index contributed by atoms with van der Waals surface area (Å²) in [5, 5.41) is 0.559. The van der Waals surface area contributed by atoms with Gasteiger partial charge < -0.3 is 4.74 Å². The largest absolute Gasteiger partial charge is 0.414 e. The molecule has 10 heavy (non-hydrogen) atoms. The molecule has 6 heteroatoms. The Morgan fingerprint density at radius 1 is 1.60 bits per heavy atom. The van der Waals surface area contributed by atoms with E-state index in [0.717, 1.165) is 11.5 Å². The van der Waals surface area contributed by atoms with Gasteiger partial charge in [-0.1, -0.05) is 23.2 Å². The number of hydrogen-bond acceptors (Lipinski definition) is 4. The van der Waals surface area contributed by atoms with Crippen LogP contribution in [0.3, 0.4) is 0 Å². The van der Waals surface area contributed by atoms with Crippen molar-refractivity contribution < 1.29 is 9.53 Å². The standard InChI is InChI=1S/C4HCl2NO2S/c5-2-3(6)7-10-4(2)9-1-8/h1H. The van der Waals surface area contributed by atoms with Gasteiger partial charge in [-0.25, -0.2) is 0 Å². The molecular formula is C4HCl2NO2S. The first-order chi connectivity index (χ1) is 4.75. The summed E-state index contributed by atoms with van der Waals surface area (Å²) >= 11 is 11.9. The van der Waals surface area contributed by atoms with Crippen molar-refractivity contribution in [3.05, 3.63) is 10.2 Å². The molecule has 0 aromatic carbocycles. The summed E-state index contributed by atoms with van der Waals surface area (Å²) in [6.45, 7) is 0.274. The Hall–Kier alpha value is -0.320. The quantitative estimate of drug-likeness (QED) is 0.682. The van der Waals surface area contributed by atoms with Crippen molar-refractivity contribution in [3.8, 4) is 5.06 Å². The predicted octanol–water partition coefficient (Wildman–Crippen LogP) is 1.99. The fraction of sp³-hybridized carbons (Fsp3) is 0. The number of ether oxygens (including phenoxy) is 1. The highest BCUT2D eigenvalue weighted by atomic mass is 35.5. The molecule has 0 bridgehead atoms. The molecular weight excluding hydrogens is 197 g/mol. The minimum Gasteiger partial charge on any atom is -0.414 e. The van der Waals surface area contributed by atoms with Gasteiger partial charge in [-0.2, -0.15) is 4.37 Å². The summed E-state index contributed by atoms with van der Waals surface area (Å²) in [5.74, 6) is 0. The van der Waals surface area contributed by atoms with Crippen LogP contribution in [0.5, 0.6) is 5.06 Å². The van der Waals surface area contributed by atoms with Crippen molar-refractivity contribution in [1.29, 1.82) is 0 Å². The van der Waals surface area contributed by atoms with Crippen LogP contribution >= 0.6 is 34.7 Å². The molecule has 0 N–H and O–H groups in total. The minimum atomic E-state index is 0.156. The Labute approximate surface area is 70.7 Å². The second-order valence-electron chi connectivity index (χ2n) is 1.29.